The smallest absolute Gasteiger partial charge is 0.409 e. The third-order valence-corrected chi connectivity index (χ3v) is 7.98. The average molecular weight is 535 g/mol. The van der Waals surface area contributed by atoms with Crippen molar-refractivity contribution in [2.75, 3.05) is 19.1 Å². The fourth-order valence-corrected chi connectivity index (χ4v) is 5.50. The lowest BCUT2D eigenvalue weighted by molar-refractivity contribution is -0.121. The number of halogens is 1. The summed E-state index contributed by atoms with van der Waals surface area (Å²) in [4.78, 5) is 26.9. The molecule has 3 heterocycles. The molecule has 1 aromatic rings. The van der Waals surface area contributed by atoms with Crippen LogP contribution in [-0.4, -0.2) is 66.0 Å². The quantitative estimate of drug-likeness (QED) is 0.471. The maximum Gasteiger partial charge on any atom is 0.409 e. The molecule has 2 saturated heterocycles. The van der Waals surface area contributed by atoms with Gasteiger partial charge in [0.25, 0.3) is 0 Å². The number of rotatable bonds is 1. The van der Waals surface area contributed by atoms with E-state index in [1.807, 2.05) is 38.1 Å². The standard InChI is InChI=1S/C27H35ClN2O7/c1-15-8-6-7-9-27(34)14-20(36-25(33)29-27)16(2)24-26(3,37-24)21(31)13-22(32)30(4)18-11-17(10-15)12-19(35-5)23(18)28/h6-8,11-12,16,20-21,24,31,34H,9-10,13-14H2,1-5H3,(H,29,33)/b7-6+,15-8+/t16-,20+,21+,24+,26+,27-/m1/s1. The minimum Gasteiger partial charge on any atom is -0.495 e. The normalized spacial score (nSPS) is 37.0. The van der Waals surface area contributed by atoms with E-state index in [0.29, 0.717) is 22.9 Å². The van der Waals surface area contributed by atoms with E-state index in [0.717, 1.165) is 11.1 Å². The molecule has 2 amide bonds. The van der Waals surface area contributed by atoms with E-state index in [1.54, 1.807) is 20.0 Å². The van der Waals surface area contributed by atoms with Crippen molar-refractivity contribution in [2.24, 2.45) is 5.92 Å². The second kappa shape index (κ2) is 10.3. The minimum absolute atomic E-state index is 0.158. The number of nitrogens with one attached hydrogen (secondary N) is 1. The second-order valence-corrected chi connectivity index (χ2v) is 10.9. The van der Waals surface area contributed by atoms with Crippen LogP contribution >= 0.6 is 11.6 Å². The summed E-state index contributed by atoms with van der Waals surface area (Å²) in [6.07, 6.45) is 3.38. The van der Waals surface area contributed by atoms with Crippen molar-refractivity contribution in [3.05, 3.63) is 46.5 Å². The van der Waals surface area contributed by atoms with Crippen LogP contribution in [0.15, 0.2) is 35.9 Å². The van der Waals surface area contributed by atoms with Gasteiger partial charge in [0.15, 0.2) is 0 Å². The molecular weight excluding hydrogens is 500 g/mol. The first-order chi connectivity index (χ1) is 17.4. The summed E-state index contributed by atoms with van der Waals surface area (Å²) in [6, 6.07) is 3.66. The summed E-state index contributed by atoms with van der Waals surface area (Å²) >= 11 is 6.56. The van der Waals surface area contributed by atoms with E-state index >= 15 is 0 Å². The zero-order chi connectivity index (χ0) is 27.1. The maximum absolute atomic E-state index is 13.2. The molecule has 1 aromatic carbocycles. The van der Waals surface area contributed by atoms with Gasteiger partial charge in [0.1, 0.15) is 28.2 Å². The van der Waals surface area contributed by atoms with Crippen LogP contribution in [0.2, 0.25) is 5.02 Å². The van der Waals surface area contributed by atoms with Crippen LogP contribution in [-0.2, 0) is 20.7 Å². The Balaban J connectivity index is 1.70. The largest absolute Gasteiger partial charge is 0.495 e. The van der Waals surface area contributed by atoms with Crippen molar-refractivity contribution in [3.63, 3.8) is 0 Å². The molecule has 4 bridgehead atoms. The predicted molar refractivity (Wildman–Crippen MR) is 139 cm³/mol. The van der Waals surface area contributed by atoms with E-state index in [4.69, 9.17) is 25.8 Å². The summed E-state index contributed by atoms with van der Waals surface area (Å²) in [7, 11) is 3.13. The van der Waals surface area contributed by atoms with Crippen molar-refractivity contribution < 1.29 is 34.0 Å². The number of hydrogen-bond acceptors (Lipinski definition) is 7. The lowest BCUT2D eigenvalue weighted by Gasteiger charge is -2.38. The molecule has 2 fully saturated rings. The van der Waals surface area contributed by atoms with E-state index in [1.165, 1.54) is 12.0 Å². The van der Waals surface area contributed by atoms with Gasteiger partial charge in [-0.2, -0.15) is 0 Å². The number of carbonyl (C=O) groups excluding carboxylic acids is 2. The Morgan fingerprint density at radius 3 is 2.73 bits per heavy atom. The van der Waals surface area contributed by atoms with Crippen LogP contribution in [0.3, 0.4) is 0 Å². The Hall–Kier alpha value is -2.59. The summed E-state index contributed by atoms with van der Waals surface area (Å²) in [5.74, 6) is -0.221. The lowest BCUT2D eigenvalue weighted by atomic mass is 9.84. The zero-order valence-corrected chi connectivity index (χ0v) is 22.5. The maximum atomic E-state index is 13.2. The van der Waals surface area contributed by atoms with E-state index < -0.39 is 35.7 Å². The summed E-state index contributed by atoms with van der Waals surface area (Å²) < 4.78 is 16.8. The van der Waals surface area contributed by atoms with Gasteiger partial charge < -0.3 is 29.3 Å². The van der Waals surface area contributed by atoms with Crippen LogP contribution in [0.4, 0.5) is 10.5 Å². The average Bonchev–Trinajstić information content (AvgIpc) is 3.53. The SMILES string of the molecule is COc1cc2cc(c1Cl)N(C)C(=O)C[C@H](O)[C@]1(C)O[C@H]1[C@H](C)[C@@H]1C[C@](O)(C/C=C/C=C(\C)C2)NC(=O)O1. The number of ether oxygens (including phenoxy) is 3. The highest BCUT2D eigenvalue weighted by molar-refractivity contribution is 6.35. The number of epoxide rings is 1. The molecule has 3 aliphatic heterocycles. The fourth-order valence-electron chi connectivity index (χ4n) is 5.19. The van der Waals surface area contributed by atoms with Gasteiger partial charge in [0, 0.05) is 25.8 Å². The molecule has 0 aliphatic carbocycles. The van der Waals surface area contributed by atoms with Gasteiger partial charge in [-0.25, -0.2) is 4.79 Å². The fraction of sp³-hybridized carbons (Fsp3) is 0.556. The van der Waals surface area contributed by atoms with Gasteiger partial charge in [-0.15, -0.1) is 0 Å². The molecule has 3 N–H and O–H groups in total. The topological polar surface area (TPSA) is 121 Å². The van der Waals surface area contributed by atoms with Gasteiger partial charge in [0.05, 0.1) is 31.4 Å². The van der Waals surface area contributed by atoms with Crippen molar-refractivity contribution >= 4 is 29.3 Å². The second-order valence-electron chi connectivity index (χ2n) is 10.5. The Morgan fingerprint density at radius 2 is 2.03 bits per heavy atom. The van der Waals surface area contributed by atoms with E-state index in [9.17, 15) is 19.8 Å². The molecule has 202 valence electrons. The molecule has 0 saturated carbocycles. The van der Waals surface area contributed by atoms with Crippen molar-refractivity contribution in [1.29, 1.82) is 0 Å². The highest BCUT2D eigenvalue weighted by Gasteiger charge is 2.62. The van der Waals surface area contributed by atoms with Crippen LogP contribution in [0.25, 0.3) is 0 Å². The molecule has 3 aliphatic rings. The number of alkyl carbamates (subject to hydrolysis) is 1. The van der Waals surface area contributed by atoms with Gasteiger partial charge in [-0.3, -0.25) is 10.1 Å². The number of nitrogens with zero attached hydrogens (tertiary/aromatic N) is 1. The Morgan fingerprint density at radius 1 is 1.30 bits per heavy atom. The minimum atomic E-state index is -1.48. The molecular formula is C27H35ClN2O7. The lowest BCUT2D eigenvalue weighted by Crippen LogP contribution is -2.57. The van der Waals surface area contributed by atoms with E-state index in [2.05, 4.69) is 5.32 Å². The predicted octanol–water partition coefficient (Wildman–Crippen LogP) is 3.49. The molecule has 37 heavy (non-hydrogen) atoms. The number of benzene rings is 1. The molecule has 0 aromatic heterocycles. The monoisotopic (exact) mass is 534 g/mol. The molecule has 4 rings (SSSR count). The molecule has 0 radical (unpaired) electrons. The molecule has 10 heteroatoms. The molecule has 0 spiro atoms. The van der Waals surface area contributed by atoms with Crippen molar-refractivity contribution in [3.8, 4) is 5.75 Å². The van der Waals surface area contributed by atoms with Gasteiger partial charge in [-0.1, -0.05) is 42.3 Å². The summed E-state index contributed by atoms with van der Waals surface area (Å²) in [5.41, 5.74) is -0.0838. The number of amides is 2. The van der Waals surface area contributed by atoms with Crippen molar-refractivity contribution in [2.45, 2.75) is 76.1 Å². The Bertz CT molecular complexity index is 1140. The summed E-state index contributed by atoms with van der Waals surface area (Å²) in [5, 5.41) is 24.9. The number of methoxy groups -OCH3 is 1. The number of fused-ring (bicyclic) bond motifs is 5. The van der Waals surface area contributed by atoms with Crippen LogP contribution in [0.1, 0.15) is 45.6 Å². The first-order valence-corrected chi connectivity index (χ1v) is 12.8. The highest BCUT2D eigenvalue weighted by Crippen LogP contribution is 2.48. The Labute approximate surface area is 222 Å². The van der Waals surface area contributed by atoms with Crippen molar-refractivity contribution in [1.82, 2.24) is 5.32 Å². The van der Waals surface area contributed by atoms with Gasteiger partial charge >= 0.3 is 6.09 Å². The third kappa shape index (κ3) is 5.65. The van der Waals surface area contributed by atoms with Crippen LogP contribution in [0.5, 0.6) is 5.75 Å². The molecule has 9 nitrogen and oxygen atoms in total. The number of aliphatic hydroxyl groups excluding tert-OH is 1. The summed E-state index contributed by atoms with van der Waals surface area (Å²) in [6.45, 7) is 5.55. The first-order valence-electron chi connectivity index (χ1n) is 12.4. The van der Waals surface area contributed by atoms with Crippen LogP contribution in [0, 0.1) is 5.92 Å². The Kier molecular flexibility index (Phi) is 7.63. The number of allylic oxidation sites excluding steroid dienone is 3. The number of aliphatic hydroxyl groups is 2. The van der Waals surface area contributed by atoms with E-state index in [-0.39, 0.29) is 31.1 Å². The third-order valence-electron chi connectivity index (χ3n) is 7.60. The number of carbonyl (C=O) groups is 2. The number of anilines is 1. The van der Waals surface area contributed by atoms with Gasteiger partial charge in [0.2, 0.25) is 5.91 Å². The van der Waals surface area contributed by atoms with Crippen LogP contribution < -0.4 is 15.0 Å². The zero-order valence-electron chi connectivity index (χ0n) is 21.8. The highest BCUT2D eigenvalue weighted by atomic mass is 35.5. The number of hydrogen-bond donors (Lipinski definition) is 3. The first kappa shape index (κ1) is 27.4. The molecule has 6 atom stereocenters. The molecule has 0 unspecified atom stereocenters. The van der Waals surface area contributed by atoms with Gasteiger partial charge in [-0.05, 0) is 38.0 Å².